The first-order chi connectivity index (χ1) is 8.33. The summed E-state index contributed by atoms with van der Waals surface area (Å²) in [4.78, 5) is 10.4. The molecule has 2 bridgehead atoms. The lowest BCUT2D eigenvalue weighted by atomic mass is 9.76. The predicted molar refractivity (Wildman–Crippen MR) is 65.6 cm³/mol. The normalized spacial score (nSPS) is 34.3. The summed E-state index contributed by atoms with van der Waals surface area (Å²) in [6, 6.07) is 0. The summed E-state index contributed by atoms with van der Waals surface area (Å²) in [5, 5.41) is 0. The van der Waals surface area contributed by atoms with Crippen LogP contribution in [0.15, 0.2) is 0 Å². The van der Waals surface area contributed by atoms with Gasteiger partial charge in [-0.2, -0.15) is 0 Å². The fourth-order valence-electron chi connectivity index (χ4n) is 3.48. The molecule has 0 amide bonds. The minimum atomic E-state index is -0.339. The summed E-state index contributed by atoms with van der Waals surface area (Å²) in [6.07, 6.45) is 9.17. The minimum Gasteiger partial charge on any atom is -0.355 e. The number of aldehydes is 1. The molecule has 3 fully saturated rings. The van der Waals surface area contributed by atoms with Gasteiger partial charge in [0, 0.05) is 7.11 Å². The van der Waals surface area contributed by atoms with Crippen molar-refractivity contribution in [3.05, 3.63) is 0 Å². The summed E-state index contributed by atoms with van der Waals surface area (Å²) in [7, 11) is 1.60. The van der Waals surface area contributed by atoms with Crippen LogP contribution in [-0.2, 0) is 14.3 Å². The number of hydrogen-bond donors (Lipinski definition) is 0. The van der Waals surface area contributed by atoms with E-state index in [0.29, 0.717) is 12.3 Å². The first-order valence-corrected chi connectivity index (χ1v) is 6.91. The maximum absolute atomic E-state index is 10.4. The summed E-state index contributed by atoms with van der Waals surface area (Å²) < 4.78 is 10.9. The number of rotatable bonds is 6. The third kappa shape index (κ3) is 3.52. The second-order valence-electron chi connectivity index (χ2n) is 5.53. The first kappa shape index (κ1) is 13.0. The van der Waals surface area contributed by atoms with Crippen molar-refractivity contribution in [2.24, 2.45) is 17.8 Å². The van der Waals surface area contributed by atoms with Gasteiger partial charge in [-0.3, -0.25) is 0 Å². The monoisotopic (exact) mass is 240 g/mol. The molecule has 17 heavy (non-hydrogen) atoms. The second-order valence-corrected chi connectivity index (χ2v) is 5.53. The minimum absolute atomic E-state index is 0.339. The Labute approximate surface area is 104 Å². The highest BCUT2D eigenvalue weighted by Crippen LogP contribution is 2.42. The molecule has 0 radical (unpaired) electrons. The van der Waals surface area contributed by atoms with E-state index in [1.165, 1.54) is 38.5 Å². The van der Waals surface area contributed by atoms with Gasteiger partial charge in [-0.15, -0.1) is 0 Å². The third-order valence-corrected chi connectivity index (χ3v) is 4.48. The van der Waals surface area contributed by atoms with Crippen LogP contribution in [-0.4, -0.2) is 26.3 Å². The Morgan fingerprint density at radius 2 is 2.18 bits per heavy atom. The van der Waals surface area contributed by atoms with Crippen LogP contribution in [0.3, 0.4) is 0 Å². The first-order valence-electron chi connectivity index (χ1n) is 6.91. The van der Waals surface area contributed by atoms with Crippen molar-refractivity contribution in [1.82, 2.24) is 0 Å². The van der Waals surface area contributed by atoms with Gasteiger partial charge in [0.2, 0.25) is 0 Å². The number of methoxy groups -OCH3 is 1. The summed E-state index contributed by atoms with van der Waals surface area (Å²) in [5.74, 6) is 2.47. The van der Waals surface area contributed by atoms with Gasteiger partial charge in [-0.05, 0) is 30.6 Å². The summed E-state index contributed by atoms with van der Waals surface area (Å²) in [6.45, 7) is 0.771. The van der Waals surface area contributed by atoms with Crippen LogP contribution < -0.4 is 0 Å². The number of ether oxygens (including phenoxy) is 2. The number of carbonyl (C=O) groups is 1. The van der Waals surface area contributed by atoms with Crippen molar-refractivity contribution in [2.45, 2.75) is 51.2 Å². The van der Waals surface area contributed by atoms with Gasteiger partial charge < -0.3 is 14.3 Å². The van der Waals surface area contributed by atoms with E-state index in [4.69, 9.17) is 9.47 Å². The van der Waals surface area contributed by atoms with Crippen molar-refractivity contribution in [2.75, 3.05) is 13.7 Å². The highest BCUT2D eigenvalue weighted by atomic mass is 16.7. The fraction of sp³-hybridized carbons (Fsp3) is 0.929. The molecule has 0 saturated heterocycles. The number of fused-ring (bicyclic) bond motifs is 4. The van der Waals surface area contributed by atoms with E-state index in [-0.39, 0.29) is 6.29 Å². The van der Waals surface area contributed by atoms with Gasteiger partial charge in [0.15, 0.2) is 6.29 Å². The van der Waals surface area contributed by atoms with Gasteiger partial charge in [0.1, 0.15) is 6.29 Å². The van der Waals surface area contributed by atoms with Crippen molar-refractivity contribution in [1.29, 1.82) is 0 Å². The molecule has 0 N–H and O–H groups in total. The Morgan fingerprint density at radius 3 is 2.94 bits per heavy atom. The van der Waals surface area contributed by atoms with E-state index < -0.39 is 0 Å². The van der Waals surface area contributed by atoms with E-state index in [0.717, 1.165) is 24.7 Å². The van der Waals surface area contributed by atoms with Crippen molar-refractivity contribution in [3.63, 3.8) is 0 Å². The van der Waals surface area contributed by atoms with Gasteiger partial charge in [0.05, 0.1) is 13.0 Å². The zero-order valence-corrected chi connectivity index (χ0v) is 10.8. The van der Waals surface area contributed by atoms with E-state index in [1.807, 2.05) is 0 Å². The van der Waals surface area contributed by atoms with Gasteiger partial charge in [0.25, 0.3) is 0 Å². The summed E-state index contributed by atoms with van der Waals surface area (Å²) in [5.41, 5.74) is 0. The fourth-order valence-corrected chi connectivity index (χ4v) is 3.48. The van der Waals surface area contributed by atoms with Crippen molar-refractivity contribution < 1.29 is 14.3 Å². The van der Waals surface area contributed by atoms with E-state index in [1.54, 1.807) is 7.11 Å². The van der Waals surface area contributed by atoms with Crippen molar-refractivity contribution in [3.8, 4) is 0 Å². The molecule has 0 aromatic carbocycles. The van der Waals surface area contributed by atoms with Gasteiger partial charge >= 0.3 is 0 Å². The van der Waals surface area contributed by atoms with Gasteiger partial charge in [-0.25, -0.2) is 0 Å². The standard InChI is InChI=1S/C14H24O3/c1-16-14(7-8-15)17-10-13-9-11-3-2-4-12(13)6-5-11/h8,11-14H,2-7,9-10H2,1H3. The van der Waals surface area contributed by atoms with E-state index >= 15 is 0 Å². The molecule has 0 heterocycles. The van der Waals surface area contributed by atoms with Gasteiger partial charge in [-0.1, -0.05) is 25.7 Å². The van der Waals surface area contributed by atoms with E-state index in [2.05, 4.69) is 0 Å². The molecule has 3 rings (SSSR count). The Hall–Kier alpha value is -0.410. The third-order valence-electron chi connectivity index (χ3n) is 4.48. The average molecular weight is 240 g/mol. The molecule has 0 spiro atoms. The number of carbonyl (C=O) groups excluding carboxylic acids is 1. The molecule has 3 aliphatic carbocycles. The van der Waals surface area contributed by atoms with Crippen LogP contribution in [0.25, 0.3) is 0 Å². The quantitative estimate of drug-likeness (QED) is 0.529. The zero-order valence-electron chi connectivity index (χ0n) is 10.8. The Kier molecular flexibility index (Phi) is 4.99. The van der Waals surface area contributed by atoms with Crippen LogP contribution in [0.5, 0.6) is 0 Å². The lowest BCUT2D eigenvalue weighted by Gasteiger charge is -2.33. The smallest absolute Gasteiger partial charge is 0.163 e. The highest BCUT2D eigenvalue weighted by molar-refractivity contribution is 5.49. The van der Waals surface area contributed by atoms with E-state index in [9.17, 15) is 4.79 Å². The number of hydrogen-bond acceptors (Lipinski definition) is 3. The molecule has 3 aliphatic rings. The highest BCUT2D eigenvalue weighted by Gasteiger charge is 2.33. The molecule has 0 aromatic heterocycles. The van der Waals surface area contributed by atoms with Crippen LogP contribution >= 0.6 is 0 Å². The average Bonchev–Trinajstić information content (AvgIpc) is 2.69. The maximum atomic E-state index is 10.4. The molecule has 3 nitrogen and oxygen atoms in total. The second kappa shape index (κ2) is 6.50. The largest absolute Gasteiger partial charge is 0.355 e. The zero-order chi connectivity index (χ0) is 12.1. The van der Waals surface area contributed by atoms with Crippen LogP contribution in [0.2, 0.25) is 0 Å². The predicted octanol–water partition coefficient (Wildman–Crippen LogP) is 2.78. The Balaban J connectivity index is 1.80. The molecule has 0 aromatic rings. The molecular formula is C14H24O3. The molecule has 98 valence electrons. The van der Waals surface area contributed by atoms with Crippen molar-refractivity contribution >= 4 is 6.29 Å². The van der Waals surface area contributed by atoms with Crippen LogP contribution in [0.1, 0.15) is 44.9 Å². The van der Waals surface area contributed by atoms with Crippen LogP contribution in [0.4, 0.5) is 0 Å². The Morgan fingerprint density at radius 1 is 1.29 bits per heavy atom. The molecular weight excluding hydrogens is 216 g/mol. The lowest BCUT2D eigenvalue weighted by molar-refractivity contribution is -0.147. The molecule has 4 unspecified atom stereocenters. The topological polar surface area (TPSA) is 35.5 Å². The Bertz CT molecular complexity index is 238. The SMILES string of the molecule is COC(CC=O)OCC1CC2CCCC1CC2. The maximum Gasteiger partial charge on any atom is 0.163 e. The van der Waals surface area contributed by atoms with Crippen LogP contribution in [0, 0.1) is 17.8 Å². The molecule has 0 aliphatic heterocycles. The molecule has 3 heteroatoms. The summed E-state index contributed by atoms with van der Waals surface area (Å²) >= 11 is 0. The lowest BCUT2D eigenvalue weighted by Crippen LogP contribution is -2.28. The molecule has 3 saturated carbocycles. The molecule has 4 atom stereocenters.